The summed E-state index contributed by atoms with van der Waals surface area (Å²) in [6.45, 7) is 2.02. The van der Waals surface area contributed by atoms with Crippen LogP contribution in [0.4, 0.5) is 0 Å². The summed E-state index contributed by atoms with van der Waals surface area (Å²) in [4.78, 5) is 37.7. The summed E-state index contributed by atoms with van der Waals surface area (Å²) in [5, 5.41) is 8.49. The predicted octanol–water partition coefficient (Wildman–Crippen LogP) is 2.89. The summed E-state index contributed by atoms with van der Waals surface area (Å²) in [6.07, 6.45) is -0.470. The molecule has 0 saturated heterocycles. The Bertz CT molecular complexity index is 742. The third kappa shape index (κ3) is 4.93. The van der Waals surface area contributed by atoms with Crippen molar-refractivity contribution in [3.05, 3.63) is 23.8 Å². The number of fused-ring (bicyclic) bond motifs is 1. The van der Waals surface area contributed by atoms with E-state index in [0.29, 0.717) is 22.0 Å². The van der Waals surface area contributed by atoms with Crippen molar-refractivity contribution in [1.82, 2.24) is 4.98 Å². The molecule has 0 spiro atoms. The number of carbonyl (C=O) groups excluding carboxylic acids is 2. The molecule has 1 N–H and O–H groups in total. The van der Waals surface area contributed by atoms with E-state index < -0.39 is 17.9 Å². The fourth-order valence-corrected chi connectivity index (χ4v) is 3.18. The standard InChI is InChI=1S/C14H13NO6S2/c1-2-20-13(19)8-3-4-10-9(7-8)15-14(22-10)23-21-12(18)6-5-11(16)17/h3-4,7H,2,5-6H2,1H3,(H,16,17). The van der Waals surface area contributed by atoms with E-state index in [-0.39, 0.29) is 12.8 Å². The average Bonchev–Trinajstić information content (AvgIpc) is 2.93. The first kappa shape index (κ1) is 17.2. The molecule has 23 heavy (non-hydrogen) atoms. The Balaban J connectivity index is 2.01. The average molecular weight is 355 g/mol. The first-order chi connectivity index (χ1) is 11.0. The maximum atomic E-state index is 11.7. The highest BCUT2D eigenvalue weighted by molar-refractivity contribution is 7.97. The molecule has 1 heterocycles. The van der Waals surface area contributed by atoms with Crippen molar-refractivity contribution >= 4 is 51.5 Å². The van der Waals surface area contributed by atoms with Gasteiger partial charge in [-0.15, -0.1) is 11.3 Å². The van der Waals surface area contributed by atoms with Crippen LogP contribution in [0, 0.1) is 0 Å². The summed E-state index contributed by atoms with van der Waals surface area (Å²) in [5.74, 6) is -2.10. The zero-order valence-electron chi connectivity index (χ0n) is 12.1. The van der Waals surface area contributed by atoms with Crippen molar-refractivity contribution in [1.29, 1.82) is 0 Å². The van der Waals surface area contributed by atoms with Crippen molar-refractivity contribution in [2.24, 2.45) is 0 Å². The van der Waals surface area contributed by atoms with E-state index in [1.54, 1.807) is 25.1 Å². The van der Waals surface area contributed by atoms with Gasteiger partial charge in [0.25, 0.3) is 0 Å². The minimum absolute atomic E-state index is 0.194. The van der Waals surface area contributed by atoms with Gasteiger partial charge in [0.1, 0.15) is 12.0 Å². The monoisotopic (exact) mass is 355 g/mol. The number of hydrogen-bond donors (Lipinski definition) is 1. The Hall–Kier alpha value is -2.13. The van der Waals surface area contributed by atoms with Crippen LogP contribution in [-0.2, 0) is 18.5 Å². The Morgan fingerprint density at radius 3 is 2.78 bits per heavy atom. The molecule has 0 aliphatic rings. The molecule has 0 amide bonds. The van der Waals surface area contributed by atoms with E-state index >= 15 is 0 Å². The lowest BCUT2D eigenvalue weighted by Gasteiger charge is -2.00. The van der Waals surface area contributed by atoms with Crippen LogP contribution >= 0.6 is 23.4 Å². The molecule has 0 aliphatic heterocycles. The number of benzene rings is 1. The fourth-order valence-electron chi connectivity index (χ4n) is 1.62. The van der Waals surface area contributed by atoms with Gasteiger partial charge in [-0.1, -0.05) is 0 Å². The van der Waals surface area contributed by atoms with Crippen molar-refractivity contribution < 1.29 is 28.4 Å². The van der Waals surface area contributed by atoms with Gasteiger partial charge in [0.15, 0.2) is 4.34 Å². The minimum Gasteiger partial charge on any atom is -0.481 e. The third-order valence-electron chi connectivity index (χ3n) is 2.63. The van der Waals surface area contributed by atoms with E-state index in [2.05, 4.69) is 4.98 Å². The number of esters is 1. The topological polar surface area (TPSA) is 103 Å². The number of aliphatic carboxylic acids is 1. The second-order valence-corrected chi connectivity index (χ2v) is 6.32. The Labute approximate surface area is 139 Å². The summed E-state index contributed by atoms with van der Waals surface area (Å²) in [6, 6.07) is 5.00. The molecule has 2 rings (SSSR count). The second-order valence-electron chi connectivity index (χ2n) is 4.32. The fraction of sp³-hybridized carbons (Fsp3) is 0.286. The highest BCUT2D eigenvalue weighted by Gasteiger charge is 2.13. The molecule has 0 saturated carbocycles. The number of carboxylic acids is 1. The molecule has 122 valence electrons. The number of nitrogens with zero attached hydrogens (tertiary/aromatic N) is 1. The lowest BCUT2D eigenvalue weighted by Crippen LogP contribution is -2.04. The summed E-state index contributed by atoms with van der Waals surface area (Å²) >= 11 is 2.08. The smallest absolute Gasteiger partial charge is 0.338 e. The number of rotatable bonds is 7. The molecular weight excluding hydrogens is 342 g/mol. The minimum atomic E-state index is -1.06. The maximum Gasteiger partial charge on any atom is 0.338 e. The van der Waals surface area contributed by atoms with E-state index in [1.807, 2.05) is 0 Å². The van der Waals surface area contributed by atoms with Crippen LogP contribution in [0.25, 0.3) is 10.2 Å². The summed E-state index contributed by atoms with van der Waals surface area (Å²) < 4.78 is 11.1. The van der Waals surface area contributed by atoms with E-state index in [1.165, 1.54) is 11.3 Å². The lowest BCUT2D eigenvalue weighted by atomic mass is 10.2. The van der Waals surface area contributed by atoms with Gasteiger partial charge in [-0.05, 0) is 25.1 Å². The van der Waals surface area contributed by atoms with E-state index in [4.69, 9.17) is 14.0 Å². The van der Waals surface area contributed by atoms with Crippen LogP contribution in [0.15, 0.2) is 22.5 Å². The molecule has 2 aromatic rings. The normalized spacial score (nSPS) is 10.5. The molecule has 0 atom stereocenters. The second kappa shape index (κ2) is 7.93. The molecule has 0 unspecified atom stereocenters. The van der Waals surface area contributed by atoms with Gasteiger partial charge >= 0.3 is 17.9 Å². The molecule has 1 aromatic heterocycles. The Morgan fingerprint density at radius 1 is 1.30 bits per heavy atom. The number of aromatic nitrogens is 1. The number of carbonyl (C=O) groups is 3. The number of carboxylic acid groups (broad SMARTS) is 1. The molecule has 0 radical (unpaired) electrons. The third-order valence-corrected chi connectivity index (χ3v) is 4.42. The Morgan fingerprint density at radius 2 is 2.09 bits per heavy atom. The summed E-state index contributed by atoms with van der Waals surface area (Å²) in [7, 11) is 0. The predicted molar refractivity (Wildman–Crippen MR) is 84.4 cm³/mol. The van der Waals surface area contributed by atoms with Gasteiger partial charge in [0.2, 0.25) is 0 Å². The number of thiazole rings is 1. The largest absolute Gasteiger partial charge is 0.481 e. The van der Waals surface area contributed by atoms with Crippen LogP contribution in [-0.4, -0.2) is 34.6 Å². The van der Waals surface area contributed by atoms with E-state index in [0.717, 1.165) is 16.7 Å². The molecule has 0 bridgehead atoms. The van der Waals surface area contributed by atoms with Crippen LogP contribution in [0.1, 0.15) is 30.1 Å². The van der Waals surface area contributed by atoms with Gasteiger partial charge in [0.05, 0.1) is 35.2 Å². The van der Waals surface area contributed by atoms with Gasteiger partial charge in [-0.3, -0.25) is 9.59 Å². The van der Waals surface area contributed by atoms with Crippen molar-refractivity contribution in [3.63, 3.8) is 0 Å². The van der Waals surface area contributed by atoms with Crippen molar-refractivity contribution in [3.8, 4) is 0 Å². The first-order valence-electron chi connectivity index (χ1n) is 6.66. The number of hydrogen-bond acceptors (Lipinski definition) is 8. The van der Waals surface area contributed by atoms with Gasteiger partial charge in [-0.25, -0.2) is 9.78 Å². The molecule has 0 aliphatic carbocycles. The lowest BCUT2D eigenvalue weighted by molar-refractivity contribution is -0.141. The quantitative estimate of drug-likeness (QED) is 0.597. The maximum absolute atomic E-state index is 11.7. The van der Waals surface area contributed by atoms with Crippen LogP contribution < -0.4 is 0 Å². The van der Waals surface area contributed by atoms with E-state index in [9.17, 15) is 14.4 Å². The van der Waals surface area contributed by atoms with Gasteiger partial charge in [-0.2, -0.15) is 0 Å². The molecule has 1 aromatic carbocycles. The van der Waals surface area contributed by atoms with Crippen molar-refractivity contribution in [2.45, 2.75) is 24.1 Å². The Kier molecular flexibility index (Phi) is 5.94. The van der Waals surface area contributed by atoms with Crippen LogP contribution in [0.3, 0.4) is 0 Å². The SMILES string of the molecule is CCOC(=O)c1ccc2sc(SOC(=O)CCC(=O)O)nc2c1. The zero-order valence-corrected chi connectivity index (χ0v) is 13.7. The zero-order chi connectivity index (χ0) is 16.8. The van der Waals surface area contributed by atoms with Gasteiger partial charge in [0, 0.05) is 0 Å². The highest BCUT2D eigenvalue weighted by Crippen LogP contribution is 2.31. The molecule has 7 nitrogen and oxygen atoms in total. The first-order valence-corrected chi connectivity index (χ1v) is 8.22. The molecule has 0 fully saturated rings. The van der Waals surface area contributed by atoms with Crippen molar-refractivity contribution in [2.75, 3.05) is 6.61 Å². The van der Waals surface area contributed by atoms with Crippen LogP contribution in [0.2, 0.25) is 0 Å². The molecule has 9 heteroatoms. The number of ether oxygens (including phenoxy) is 1. The highest BCUT2D eigenvalue weighted by atomic mass is 32.2. The summed E-state index contributed by atoms with van der Waals surface area (Å²) in [5.41, 5.74) is 1.00. The van der Waals surface area contributed by atoms with Gasteiger partial charge < -0.3 is 14.0 Å². The van der Waals surface area contributed by atoms with Crippen LogP contribution in [0.5, 0.6) is 0 Å². The molecular formula is C14H13NO6S2.